The van der Waals surface area contributed by atoms with E-state index in [1.165, 1.54) is 6.07 Å². The van der Waals surface area contributed by atoms with Gasteiger partial charge in [0.15, 0.2) is 5.76 Å². The molecule has 2 saturated heterocycles. The fourth-order valence-corrected chi connectivity index (χ4v) is 3.36. The van der Waals surface area contributed by atoms with Crippen LogP contribution in [0, 0.1) is 6.92 Å². The van der Waals surface area contributed by atoms with Crippen molar-refractivity contribution in [1.82, 2.24) is 9.80 Å². The van der Waals surface area contributed by atoms with Crippen LogP contribution in [-0.4, -0.2) is 60.3 Å². The second-order valence-electron chi connectivity index (χ2n) is 6.15. The first kappa shape index (κ1) is 15.5. The predicted molar refractivity (Wildman–Crippen MR) is 82.1 cm³/mol. The number of hydrogen-bond donors (Lipinski definition) is 1. The van der Waals surface area contributed by atoms with E-state index >= 15 is 0 Å². The minimum Gasteiger partial charge on any atom is -0.502 e. The van der Waals surface area contributed by atoms with Gasteiger partial charge in [-0.2, -0.15) is 0 Å². The standard InChI is InChI=1S/C16H24N2O4/c1-12-10-14(19)16(20)15(22-12)11-17-4-2-13(3-5-17)18-6-8-21-9-7-18/h10,13,20H,2-9,11H2,1H3. The second kappa shape index (κ2) is 6.81. The van der Waals surface area contributed by atoms with E-state index in [0.29, 0.717) is 24.1 Å². The number of nitrogens with zero attached hydrogens (tertiary/aromatic N) is 2. The van der Waals surface area contributed by atoms with Gasteiger partial charge in [-0.15, -0.1) is 0 Å². The van der Waals surface area contributed by atoms with Crippen LogP contribution in [0.4, 0.5) is 0 Å². The Morgan fingerprint density at radius 3 is 2.59 bits per heavy atom. The van der Waals surface area contributed by atoms with E-state index in [9.17, 15) is 9.90 Å². The molecule has 1 N–H and O–H groups in total. The Kier molecular flexibility index (Phi) is 4.81. The zero-order valence-electron chi connectivity index (χ0n) is 13.1. The van der Waals surface area contributed by atoms with Crippen LogP contribution in [0.3, 0.4) is 0 Å². The van der Waals surface area contributed by atoms with Crippen LogP contribution in [0.5, 0.6) is 5.75 Å². The monoisotopic (exact) mass is 308 g/mol. The molecule has 122 valence electrons. The van der Waals surface area contributed by atoms with Crippen LogP contribution in [0.25, 0.3) is 0 Å². The molecule has 0 aliphatic carbocycles. The maximum atomic E-state index is 11.6. The first-order valence-corrected chi connectivity index (χ1v) is 8.00. The van der Waals surface area contributed by atoms with Gasteiger partial charge in [-0.05, 0) is 19.8 Å². The molecule has 0 bridgehead atoms. The van der Waals surface area contributed by atoms with Crippen LogP contribution in [0.2, 0.25) is 0 Å². The number of likely N-dealkylation sites (tertiary alicyclic amines) is 1. The van der Waals surface area contributed by atoms with E-state index in [4.69, 9.17) is 9.15 Å². The van der Waals surface area contributed by atoms with Gasteiger partial charge in [0.1, 0.15) is 5.76 Å². The van der Waals surface area contributed by atoms with Crippen LogP contribution < -0.4 is 5.43 Å². The molecule has 6 heteroatoms. The average Bonchev–Trinajstić information content (AvgIpc) is 2.54. The SMILES string of the molecule is Cc1cc(=O)c(O)c(CN2CCC(N3CCOCC3)CC2)o1. The van der Waals surface area contributed by atoms with Gasteiger partial charge in [0, 0.05) is 38.3 Å². The van der Waals surface area contributed by atoms with Crippen LogP contribution in [-0.2, 0) is 11.3 Å². The highest BCUT2D eigenvalue weighted by atomic mass is 16.5. The van der Waals surface area contributed by atoms with E-state index in [-0.39, 0.29) is 11.2 Å². The molecule has 0 spiro atoms. The summed E-state index contributed by atoms with van der Waals surface area (Å²) in [6.07, 6.45) is 2.22. The Hall–Kier alpha value is -1.37. The molecule has 2 aliphatic heterocycles. The molecule has 2 fully saturated rings. The summed E-state index contributed by atoms with van der Waals surface area (Å²) in [5.74, 6) is 0.678. The van der Waals surface area contributed by atoms with Gasteiger partial charge >= 0.3 is 0 Å². The van der Waals surface area contributed by atoms with Gasteiger partial charge in [0.2, 0.25) is 11.2 Å². The van der Waals surface area contributed by atoms with E-state index in [1.807, 2.05) is 0 Å². The second-order valence-corrected chi connectivity index (χ2v) is 6.15. The fourth-order valence-electron chi connectivity index (χ4n) is 3.36. The molecule has 1 aromatic rings. The highest BCUT2D eigenvalue weighted by Crippen LogP contribution is 2.21. The number of aromatic hydroxyl groups is 1. The molecule has 3 heterocycles. The van der Waals surface area contributed by atoms with Crippen LogP contribution in [0.1, 0.15) is 24.4 Å². The van der Waals surface area contributed by atoms with Crippen molar-refractivity contribution in [1.29, 1.82) is 0 Å². The van der Waals surface area contributed by atoms with Crippen molar-refractivity contribution >= 4 is 0 Å². The third-order valence-corrected chi connectivity index (χ3v) is 4.60. The molecule has 0 radical (unpaired) electrons. The topological polar surface area (TPSA) is 66.2 Å². The maximum Gasteiger partial charge on any atom is 0.227 e. The van der Waals surface area contributed by atoms with Gasteiger partial charge in [-0.25, -0.2) is 0 Å². The lowest BCUT2D eigenvalue weighted by Crippen LogP contribution is -2.48. The number of morpholine rings is 1. The van der Waals surface area contributed by atoms with Gasteiger partial charge < -0.3 is 14.3 Å². The summed E-state index contributed by atoms with van der Waals surface area (Å²) in [6, 6.07) is 1.95. The lowest BCUT2D eigenvalue weighted by Gasteiger charge is -2.39. The summed E-state index contributed by atoms with van der Waals surface area (Å²) in [5.41, 5.74) is -0.359. The molecule has 22 heavy (non-hydrogen) atoms. The summed E-state index contributed by atoms with van der Waals surface area (Å²) in [4.78, 5) is 16.4. The van der Waals surface area contributed by atoms with Gasteiger partial charge in [-0.1, -0.05) is 0 Å². The number of ether oxygens (including phenoxy) is 1. The number of rotatable bonds is 3. The van der Waals surface area contributed by atoms with Crippen molar-refractivity contribution in [3.05, 3.63) is 27.8 Å². The summed E-state index contributed by atoms with van der Waals surface area (Å²) >= 11 is 0. The number of piperidine rings is 1. The van der Waals surface area contributed by atoms with Crippen molar-refractivity contribution in [3.63, 3.8) is 0 Å². The lowest BCUT2D eigenvalue weighted by atomic mass is 10.0. The molecule has 0 atom stereocenters. The van der Waals surface area contributed by atoms with E-state index in [1.54, 1.807) is 6.92 Å². The quantitative estimate of drug-likeness (QED) is 0.897. The Labute approximate surface area is 130 Å². The van der Waals surface area contributed by atoms with Gasteiger partial charge in [0.25, 0.3) is 0 Å². The first-order valence-electron chi connectivity index (χ1n) is 8.00. The zero-order valence-corrected chi connectivity index (χ0v) is 13.1. The van der Waals surface area contributed by atoms with Gasteiger partial charge in [0.05, 0.1) is 19.8 Å². The lowest BCUT2D eigenvalue weighted by molar-refractivity contribution is -0.000401. The summed E-state index contributed by atoms with van der Waals surface area (Å²) < 4.78 is 10.9. The predicted octanol–water partition coefficient (Wildman–Crippen LogP) is 0.950. The molecule has 0 aromatic carbocycles. The smallest absolute Gasteiger partial charge is 0.227 e. The molecule has 0 unspecified atom stereocenters. The Morgan fingerprint density at radius 1 is 1.23 bits per heavy atom. The molecular weight excluding hydrogens is 284 g/mol. The van der Waals surface area contributed by atoms with Crippen LogP contribution >= 0.6 is 0 Å². The summed E-state index contributed by atoms with van der Waals surface area (Å²) in [6.45, 7) is 7.87. The minimum atomic E-state index is -0.359. The molecule has 6 nitrogen and oxygen atoms in total. The molecular formula is C16H24N2O4. The maximum absolute atomic E-state index is 11.6. The van der Waals surface area contributed by atoms with Crippen molar-refractivity contribution in [2.45, 2.75) is 32.4 Å². The Bertz CT molecular complexity index is 558. The molecule has 0 amide bonds. The van der Waals surface area contributed by atoms with Crippen molar-refractivity contribution in [2.24, 2.45) is 0 Å². The van der Waals surface area contributed by atoms with Crippen molar-refractivity contribution in [2.75, 3.05) is 39.4 Å². The Balaban J connectivity index is 1.57. The van der Waals surface area contributed by atoms with Gasteiger partial charge in [-0.3, -0.25) is 14.6 Å². The highest BCUT2D eigenvalue weighted by molar-refractivity contribution is 5.24. The normalized spacial score (nSPS) is 22.0. The average molecular weight is 308 g/mol. The summed E-state index contributed by atoms with van der Waals surface area (Å²) in [7, 11) is 0. The third-order valence-electron chi connectivity index (χ3n) is 4.60. The van der Waals surface area contributed by atoms with E-state index < -0.39 is 0 Å². The Morgan fingerprint density at radius 2 is 1.91 bits per heavy atom. The van der Waals surface area contributed by atoms with Crippen LogP contribution in [0.15, 0.2) is 15.3 Å². The minimum absolute atomic E-state index is 0.249. The zero-order chi connectivity index (χ0) is 15.5. The molecule has 3 rings (SSSR count). The first-order chi connectivity index (χ1) is 10.6. The van der Waals surface area contributed by atoms with E-state index in [0.717, 1.165) is 52.2 Å². The fraction of sp³-hybridized carbons (Fsp3) is 0.688. The molecule has 0 saturated carbocycles. The molecule has 1 aromatic heterocycles. The van der Waals surface area contributed by atoms with E-state index in [2.05, 4.69) is 9.80 Å². The van der Waals surface area contributed by atoms with Crippen molar-refractivity contribution < 1.29 is 14.3 Å². The third kappa shape index (κ3) is 3.51. The largest absolute Gasteiger partial charge is 0.502 e. The molecule has 2 aliphatic rings. The summed E-state index contributed by atoms with van der Waals surface area (Å²) in [5, 5.41) is 9.85. The van der Waals surface area contributed by atoms with Crippen molar-refractivity contribution in [3.8, 4) is 5.75 Å². The highest BCUT2D eigenvalue weighted by Gasteiger charge is 2.26. The number of aryl methyl sites for hydroxylation is 1. The number of hydrogen-bond acceptors (Lipinski definition) is 6.